The molecule has 11 heteroatoms. The van der Waals surface area contributed by atoms with E-state index >= 15 is 0 Å². The van der Waals surface area contributed by atoms with Gasteiger partial charge in [0.05, 0.1) is 17.7 Å². The molecule has 7 nitrogen and oxygen atoms in total. The van der Waals surface area contributed by atoms with Gasteiger partial charge in [0, 0.05) is 10.7 Å². The number of phenols is 2. The molecule has 3 aromatic rings. The van der Waals surface area contributed by atoms with Crippen molar-refractivity contribution in [1.29, 1.82) is 0 Å². The van der Waals surface area contributed by atoms with Gasteiger partial charge >= 0.3 is 6.18 Å². The van der Waals surface area contributed by atoms with Crippen molar-refractivity contribution in [3.8, 4) is 28.6 Å². The summed E-state index contributed by atoms with van der Waals surface area (Å²) >= 11 is 5.81. The SMILES string of the molecule is C1CCNCC1.NC(=O)c1nc(-c2ccc(Cl)cc2O)n(-c2ccc(O)cc2)c1CC(F)(F)F. The second-order valence-electron chi connectivity index (χ2n) is 7.71. The lowest BCUT2D eigenvalue weighted by Gasteiger charge is -2.15. The molecule has 0 aliphatic carbocycles. The summed E-state index contributed by atoms with van der Waals surface area (Å²) in [6, 6.07) is 9.19. The molecule has 1 aliphatic heterocycles. The molecule has 4 rings (SSSR count). The van der Waals surface area contributed by atoms with Crippen molar-refractivity contribution >= 4 is 17.5 Å². The Labute approximate surface area is 199 Å². The number of aromatic hydroxyl groups is 2. The number of nitrogens with one attached hydrogen (secondary N) is 1. The zero-order valence-electron chi connectivity index (χ0n) is 18.1. The van der Waals surface area contributed by atoms with Crippen LogP contribution in [0, 0.1) is 0 Å². The maximum Gasteiger partial charge on any atom is 0.394 e. The summed E-state index contributed by atoms with van der Waals surface area (Å²) in [4.78, 5) is 15.8. The number of nitrogens with two attached hydrogens (primary N) is 1. The number of alkyl halides is 3. The van der Waals surface area contributed by atoms with Gasteiger partial charge in [-0.05, 0) is 68.4 Å². The molecule has 0 unspecified atom stereocenters. The van der Waals surface area contributed by atoms with E-state index in [0.717, 1.165) is 4.57 Å². The highest BCUT2D eigenvalue weighted by molar-refractivity contribution is 6.30. The Bertz CT molecular complexity index is 1130. The number of carbonyl (C=O) groups excluding carboxylic acids is 1. The number of nitrogens with zero attached hydrogens (tertiary/aromatic N) is 2. The summed E-state index contributed by atoms with van der Waals surface area (Å²) in [6.07, 6.45) is -1.92. The van der Waals surface area contributed by atoms with Crippen LogP contribution in [-0.2, 0) is 6.42 Å². The summed E-state index contributed by atoms with van der Waals surface area (Å²) in [5.74, 6) is -1.72. The number of halogens is 4. The van der Waals surface area contributed by atoms with Gasteiger partial charge < -0.3 is 21.3 Å². The molecule has 2 heterocycles. The molecule has 1 fully saturated rings. The molecule has 0 bridgehead atoms. The Balaban J connectivity index is 0.000000469. The lowest BCUT2D eigenvalue weighted by molar-refractivity contribution is -0.128. The molecule has 5 N–H and O–H groups in total. The molecule has 0 atom stereocenters. The van der Waals surface area contributed by atoms with E-state index in [1.807, 2.05) is 0 Å². The Morgan fingerprint density at radius 1 is 1.09 bits per heavy atom. The normalized spacial score (nSPS) is 13.8. The largest absolute Gasteiger partial charge is 0.508 e. The average molecular weight is 497 g/mol. The molecule has 0 radical (unpaired) electrons. The summed E-state index contributed by atoms with van der Waals surface area (Å²) < 4.78 is 40.6. The van der Waals surface area contributed by atoms with Gasteiger partial charge in [-0.1, -0.05) is 18.0 Å². The molecule has 1 aliphatic rings. The number of amides is 1. The minimum atomic E-state index is -4.65. The summed E-state index contributed by atoms with van der Waals surface area (Å²) in [7, 11) is 0. The molecular formula is C23H24ClF3N4O3. The van der Waals surface area contributed by atoms with Crippen LogP contribution in [0.1, 0.15) is 35.4 Å². The van der Waals surface area contributed by atoms with Crippen LogP contribution in [-0.4, -0.2) is 44.9 Å². The first-order valence-corrected chi connectivity index (χ1v) is 10.9. The molecule has 1 aromatic heterocycles. The monoisotopic (exact) mass is 496 g/mol. The van der Waals surface area contributed by atoms with Crippen LogP contribution in [0.25, 0.3) is 17.1 Å². The van der Waals surface area contributed by atoms with Crippen molar-refractivity contribution in [3.63, 3.8) is 0 Å². The van der Waals surface area contributed by atoms with E-state index in [1.54, 1.807) is 0 Å². The third kappa shape index (κ3) is 6.42. The molecule has 1 saturated heterocycles. The second-order valence-corrected chi connectivity index (χ2v) is 8.15. The van der Waals surface area contributed by atoms with Crippen molar-refractivity contribution < 1.29 is 28.2 Å². The lowest BCUT2D eigenvalue weighted by Crippen LogP contribution is -2.21. The molecule has 182 valence electrons. The van der Waals surface area contributed by atoms with Crippen LogP contribution >= 0.6 is 11.6 Å². The fourth-order valence-corrected chi connectivity index (χ4v) is 3.73. The summed E-state index contributed by atoms with van der Waals surface area (Å²) in [5.41, 5.74) is 4.42. The number of carbonyl (C=O) groups is 1. The van der Waals surface area contributed by atoms with Crippen LogP contribution < -0.4 is 11.1 Å². The predicted molar refractivity (Wildman–Crippen MR) is 122 cm³/mol. The topological polar surface area (TPSA) is 113 Å². The highest BCUT2D eigenvalue weighted by Gasteiger charge is 2.35. The van der Waals surface area contributed by atoms with Crippen LogP contribution in [0.3, 0.4) is 0 Å². The first-order chi connectivity index (χ1) is 16.1. The number of benzene rings is 2. The van der Waals surface area contributed by atoms with E-state index in [0.29, 0.717) is 0 Å². The summed E-state index contributed by atoms with van der Waals surface area (Å²) in [6.45, 7) is 2.50. The number of hydrogen-bond donors (Lipinski definition) is 4. The molecule has 34 heavy (non-hydrogen) atoms. The van der Waals surface area contributed by atoms with Gasteiger partial charge in [-0.2, -0.15) is 13.2 Å². The lowest BCUT2D eigenvalue weighted by atomic mass is 10.1. The fraction of sp³-hybridized carbons (Fsp3) is 0.304. The third-order valence-corrected chi connectivity index (χ3v) is 5.32. The predicted octanol–water partition coefficient (Wildman–Crippen LogP) is 4.57. The number of rotatable bonds is 4. The minimum absolute atomic E-state index is 0.0494. The standard InChI is InChI=1S/C18H13ClF3N3O3.C5H11N/c19-9-1-6-12(14(27)7-9)17-24-15(16(23)28)13(8-18(20,21)22)25(17)10-2-4-11(26)5-3-10;1-2-4-6-5-3-1/h1-7,26-27H,8H2,(H2,23,28);6H,1-5H2. The number of aromatic nitrogens is 2. The van der Waals surface area contributed by atoms with Gasteiger partial charge in [-0.3, -0.25) is 9.36 Å². The first kappa shape index (κ1) is 25.4. The summed E-state index contributed by atoms with van der Waals surface area (Å²) in [5, 5.41) is 23.2. The second kappa shape index (κ2) is 10.8. The average Bonchev–Trinajstić information content (AvgIpc) is 3.13. The van der Waals surface area contributed by atoms with Gasteiger partial charge in [-0.25, -0.2) is 4.98 Å². The molecule has 0 saturated carbocycles. The van der Waals surface area contributed by atoms with Crippen LogP contribution in [0.4, 0.5) is 13.2 Å². The number of piperidine rings is 1. The van der Waals surface area contributed by atoms with Gasteiger partial charge in [0.25, 0.3) is 5.91 Å². The maximum absolute atomic E-state index is 13.2. The Morgan fingerprint density at radius 3 is 2.21 bits per heavy atom. The fourth-order valence-electron chi connectivity index (χ4n) is 3.56. The van der Waals surface area contributed by atoms with Gasteiger partial charge in [0.2, 0.25) is 0 Å². The number of primary amides is 1. The highest BCUT2D eigenvalue weighted by Crippen LogP contribution is 2.36. The van der Waals surface area contributed by atoms with Crippen LogP contribution in [0.2, 0.25) is 5.02 Å². The Hall–Kier alpha value is -3.24. The van der Waals surface area contributed by atoms with E-state index < -0.39 is 29.9 Å². The van der Waals surface area contributed by atoms with Crippen molar-refractivity contribution in [3.05, 3.63) is 58.9 Å². The van der Waals surface area contributed by atoms with Crippen molar-refractivity contribution in [2.24, 2.45) is 5.73 Å². The Kier molecular flexibility index (Phi) is 8.06. The Morgan fingerprint density at radius 2 is 1.74 bits per heavy atom. The van der Waals surface area contributed by atoms with E-state index in [2.05, 4.69) is 10.3 Å². The number of imidazole rings is 1. The molecule has 2 aromatic carbocycles. The van der Waals surface area contributed by atoms with Gasteiger partial charge in [0.1, 0.15) is 17.3 Å². The maximum atomic E-state index is 13.2. The van der Waals surface area contributed by atoms with Crippen molar-refractivity contribution in [1.82, 2.24) is 14.9 Å². The van der Waals surface area contributed by atoms with Gasteiger partial charge in [0.15, 0.2) is 5.69 Å². The van der Waals surface area contributed by atoms with Crippen molar-refractivity contribution in [2.75, 3.05) is 13.1 Å². The molecule has 1 amide bonds. The molecular weight excluding hydrogens is 473 g/mol. The quantitative estimate of drug-likeness (QED) is 0.422. The zero-order chi connectivity index (χ0) is 24.9. The van der Waals surface area contributed by atoms with E-state index in [1.165, 1.54) is 74.8 Å². The van der Waals surface area contributed by atoms with Crippen LogP contribution in [0.5, 0.6) is 11.5 Å². The minimum Gasteiger partial charge on any atom is -0.508 e. The highest BCUT2D eigenvalue weighted by atomic mass is 35.5. The van der Waals surface area contributed by atoms with E-state index in [9.17, 15) is 28.2 Å². The molecule has 0 spiro atoms. The smallest absolute Gasteiger partial charge is 0.394 e. The first-order valence-electron chi connectivity index (χ1n) is 10.5. The number of phenolic OH excluding ortho intramolecular Hbond substituents is 2. The van der Waals surface area contributed by atoms with Crippen molar-refractivity contribution in [2.45, 2.75) is 31.9 Å². The van der Waals surface area contributed by atoms with Gasteiger partial charge in [-0.15, -0.1) is 0 Å². The zero-order valence-corrected chi connectivity index (χ0v) is 18.8. The number of hydrogen-bond acceptors (Lipinski definition) is 5. The van der Waals surface area contributed by atoms with E-state index in [4.69, 9.17) is 17.3 Å². The third-order valence-electron chi connectivity index (χ3n) is 5.09. The van der Waals surface area contributed by atoms with E-state index in [-0.39, 0.29) is 33.6 Å². The van der Waals surface area contributed by atoms with Crippen LogP contribution in [0.15, 0.2) is 42.5 Å².